The minimum atomic E-state index is -0.165. The van der Waals surface area contributed by atoms with Crippen LogP contribution in [0, 0.1) is 11.7 Å². The molecule has 1 aromatic carbocycles. The van der Waals surface area contributed by atoms with Gasteiger partial charge in [-0.15, -0.1) is 0 Å². The second-order valence-corrected chi connectivity index (χ2v) is 5.37. The molecule has 1 N–H and O–H groups in total. The second-order valence-electron chi connectivity index (χ2n) is 4.59. The molecule has 0 saturated heterocycles. The van der Waals surface area contributed by atoms with Crippen molar-refractivity contribution in [2.24, 2.45) is 5.92 Å². The fraction of sp³-hybridized carbons (Fsp3) is 0.333. The van der Waals surface area contributed by atoms with Crippen LogP contribution in [0.2, 0.25) is 0 Å². The predicted octanol–water partition coefficient (Wildman–Crippen LogP) is 3.51. The van der Waals surface area contributed by atoms with Crippen LogP contribution in [-0.2, 0) is 12.8 Å². The highest BCUT2D eigenvalue weighted by molar-refractivity contribution is 7.07. The summed E-state index contributed by atoms with van der Waals surface area (Å²) in [5.74, 6) is 0.386. The van der Waals surface area contributed by atoms with Crippen LogP contribution in [0.4, 0.5) is 4.39 Å². The van der Waals surface area contributed by atoms with Gasteiger partial charge in [0.05, 0.1) is 0 Å². The Labute approximate surface area is 112 Å². The summed E-state index contributed by atoms with van der Waals surface area (Å²) in [6.07, 6.45) is 2.05. The SMILES string of the molecule is CNCC(Cc1ccc(F)cc1)Cc1ccsc1. The van der Waals surface area contributed by atoms with E-state index in [1.165, 1.54) is 23.3 Å². The van der Waals surface area contributed by atoms with Gasteiger partial charge in [-0.05, 0) is 72.4 Å². The summed E-state index contributed by atoms with van der Waals surface area (Å²) >= 11 is 1.74. The van der Waals surface area contributed by atoms with E-state index < -0.39 is 0 Å². The first-order chi connectivity index (χ1) is 8.78. The normalized spacial score (nSPS) is 12.6. The molecule has 1 unspecified atom stereocenters. The van der Waals surface area contributed by atoms with Gasteiger partial charge in [0.25, 0.3) is 0 Å². The molecule has 1 aromatic heterocycles. The minimum absolute atomic E-state index is 0.165. The van der Waals surface area contributed by atoms with E-state index in [2.05, 4.69) is 22.1 Å². The Bertz CT molecular complexity index is 450. The van der Waals surface area contributed by atoms with Crippen molar-refractivity contribution in [2.75, 3.05) is 13.6 Å². The summed E-state index contributed by atoms with van der Waals surface area (Å²) in [4.78, 5) is 0. The summed E-state index contributed by atoms with van der Waals surface area (Å²) in [6, 6.07) is 9.02. The van der Waals surface area contributed by atoms with Crippen LogP contribution in [0.1, 0.15) is 11.1 Å². The zero-order chi connectivity index (χ0) is 12.8. The van der Waals surface area contributed by atoms with Crippen molar-refractivity contribution in [1.82, 2.24) is 5.32 Å². The maximum absolute atomic E-state index is 12.9. The predicted molar refractivity (Wildman–Crippen MR) is 75.5 cm³/mol. The number of hydrogen-bond donors (Lipinski definition) is 1. The maximum atomic E-state index is 12.9. The molecule has 0 fully saturated rings. The fourth-order valence-electron chi connectivity index (χ4n) is 2.20. The zero-order valence-corrected chi connectivity index (χ0v) is 11.3. The molecule has 1 atom stereocenters. The van der Waals surface area contributed by atoms with Crippen LogP contribution in [0.15, 0.2) is 41.1 Å². The molecule has 0 amide bonds. The largest absolute Gasteiger partial charge is 0.319 e. The molecule has 0 saturated carbocycles. The van der Waals surface area contributed by atoms with E-state index in [1.54, 1.807) is 11.3 Å². The summed E-state index contributed by atoms with van der Waals surface area (Å²) in [7, 11) is 1.98. The quantitative estimate of drug-likeness (QED) is 0.841. The van der Waals surface area contributed by atoms with Crippen molar-refractivity contribution in [3.05, 3.63) is 58.0 Å². The first-order valence-electron chi connectivity index (χ1n) is 6.18. The maximum Gasteiger partial charge on any atom is 0.123 e. The highest BCUT2D eigenvalue weighted by atomic mass is 32.1. The van der Waals surface area contributed by atoms with E-state index in [4.69, 9.17) is 0 Å². The Hall–Kier alpha value is -1.19. The van der Waals surface area contributed by atoms with Gasteiger partial charge in [0.2, 0.25) is 0 Å². The number of thiophene rings is 1. The number of rotatable bonds is 6. The molecule has 18 heavy (non-hydrogen) atoms. The van der Waals surface area contributed by atoms with Crippen LogP contribution in [0.3, 0.4) is 0 Å². The Kier molecular flexibility index (Phi) is 4.90. The first-order valence-corrected chi connectivity index (χ1v) is 7.12. The Morgan fingerprint density at radius 1 is 1.11 bits per heavy atom. The number of benzene rings is 1. The highest BCUT2D eigenvalue weighted by Gasteiger charge is 2.10. The van der Waals surface area contributed by atoms with Gasteiger partial charge in [0.1, 0.15) is 5.82 Å². The third-order valence-electron chi connectivity index (χ3n) is 3.03. The summed E-state index contributed by atoms with van der Waals surface area (Å²) < 4.78 is 12.9. The summed E-state index contributed by atoms with van der Waals surface area (Å²) in [6.45, 7) is 0.979. The molecular weight excluding hydrogens is 245 g/mol. The lowest BCUT2D eigenvalue weighted by molar-refractivity contribution is 0.493. The monoisotopic (exact) mass is 263 g/mol. The molecule has 96 valence electrons. The van der Waals surface area contributed by atoms with Gasteiger partial charge in [-0.25, -0.2) is 4.39 Å². The van der Waals surface area contributed by atoms with Gasteiger partial charge >= 0.3 is 0 Å². The highest BCUT2D eigenvalue weighted by Crippen LogP contribution is 2.16. The minimum Gasteiger partial charge on any atom is -0.319 e. The Balaban J connectivity index is 1.99. The molecule has 0 bridgehead atoms. The van der Waals surface area contributed by atoms with Crippen LogP contribution >= 0.6 is 11.3 Å². The van der Waals surface area contributed by atoms with Gasteiger partial charge in [-0.3, -0.25) is 0 Å². The van der Waals surface area contributed by atoms with Crippen molar-refractivity contribution in [2.45, 2.75) is 12.8 Å². The smallest absolute Gasteiger partial charge is 0.123 e. The van der Waals surface area contributed by atoms with Crippen LogP contribution in [0.25, 0.3) is 0 Å². The van der Waals surface area contributed by atoms with Gasteiger partial charge in [-0.2, -0.15) is 11.3 Å². The van der Waals surface area contributed by atoms with Gasteiger partial charge in [-0.1, -0.05) is 12.1 Å². The molecular formula is C15H18FNS. The number of hydrogen-bond acceptors (Lipinski definition) is 2. The third kappa shape index (κ3) is 3.93. The first kappa shape index (κ1) is 13.2. The lowest BCUT2D eigenvalue weighted by Gasteiger charge is -2.16. The number of halogens is 1. The molecule has 0 aliphatic heterocycles. The van der Waals surface area contributed by atoms with Gasteiger partial charge in [0.15, 0.2) is 0 Å². The molecule has 0 radical (unpaired) electrons. The Morgan fingerprint density at radius 3 is 2.44 bits per heavy atom. The van der Waals surface area contributed by atoms with E-state index in [0.717, 1.165) is 19.4 Å². The van der Waals surface area contributed by atoms with Crippen molar-refractivity contribution in [3.8, 4) is 0 Å². The zero-order valence-electron chi connectivity index (χ0n) is 10.5. The van der Waals surface area contributed by atoms with Crippen molar-refractivity contribution in [1.29, 1.82) is 0 Å². The van der Waals surface area contributed by atoms with Crippen LogP contribution in [0.5, 0.6) is 0 Å². The van der Waals surface area contributed by atoms with E-state index in [0.29, 0.717) is 5.92 Å². The van der Waals surface area contributed by atoms with E-state index in [-0.39, 0.29) is 5.82 Å². The average molecular weight is 263 g/mol. The van der Waals surface area contributed by atoms with Crippen LogP contribution in [-0.4, -0.2) is 13.6 Å². The van der Waals surface area contributed by atoms with Gasteiger partial charge < -0.3 is 5.32 Å². The topological polar surface area (TPSA) is 12.0 Å². The molecule has 3 heteroatoms. The third-order valence-corrected chi connectivity index (χ3v) is 3.77. The van der Waals surface area contributed by atoms with Crippen molar-refractivity contribution < 1.29 is 4.39 Å². The molecule has 1 heterocycles. The van der Waals surface area contributed by atoms with Crippen LogP contribution < -0.4 is 5.32 Å². The van der Waals surface area contributed by atoms with E-state index in [9.17, 15) is 4.39 Å². The van der Waals surface area contributed by atoms with E-state index >= 15 is 0 Å². The van der Waals surface area contributed by atoms with Crippen molar-refractivity contribution in [3.63, 3.8) is 0 Å². The van der Waals surface area contributed by atoms with Crippen molar-refractivity contribution >= 4 is 11.3 Å². The average Bonchev–Trinajstić information content (AvgIpc) is 2.85. The lowest BCUT2D eigenvalue weighted by Crippen LogP contribution is -2.22. The molecule has 2 rings (SSSR count). The fourth-order valence-corrected chi connectivity index (χ4v) is 2.88. The number of nitrogens with one attached hydrogen (secondary N) is 1. The molecule has 0 spiro atoms. The Morgan fingerprint density at radius 2 is 1.83 bits per heavy atom. The summed E-state index contributed by atoms with van der Waals surface area (Å²) in [5.41, 5.74) is 2.59. The molecule has 1 nitrogen and oxygen atoms in total. The molecule has 0 aliphatic rings. The molecule has 2 aromatic rings. The lowest BCUT2D eigenvalue weighted by atomic mass is 9.93. The standard InChI is InChI=1S/C15H18FNS/c1-17-10-14(9-13-6-7-18-11-13)8-12-2-4-15(16)5-3-12/h2-7,11,14,17H,8-10H2,1H3. The van der Waals surface area contributed by atoms with Gasteiger partial charge in [0, 0.05) is 0 Å². The summed E-state index contributed by atoms with van der Waals surface area (Å²) in [5, 5.41) is 7.56. The molecule has 0 aliphatic carbocycles. The second kappa shape index (κ2) is 6.66. The van der Waals surface area contributed by atoms with E-state index in [1.807, 2.05) is 19.2 Å².